The number of amides is 1. The third kappa shape index (κ3) is 5.38. The van der Waals surface area contributed by atoms with Crippen LogP contribution in [0.3, 0.4) is 0 Å². The van der Waals surface area contributed by atoms with Crippen molar-refractivity contribution < 1.29 is 23.7 Å². The van der Waals surface area contributed by atoms with E-state index in [-0.39, 0.29) is 18.3 Å². The molecule has 0 spiro atoms. The van der Waals surface area contributed by atoms with Gasteiger partial charge in [0.05, 0.1) is 35.9 Å². The number of nitrogens with zero attached hydrogens (tertiary/aromatic N) is 3. The lowest BCUT2D eigenvalue weighted by molar-refractivity contribution is 0.0689. The number of likely N-dealkylation sites (N-methyl/N-ethyl adjacent to an activating group) is 1. The molecule has 182 valence electrons. The van der Waals surface area contributed by atoms with Crippen LogP contribution in [0.2, 0.25) is 0 Å². The lowest BCUT2D eigenvalue weighted by Gasteiger charge is -2.27. The number of carbonyl (C=O) groups excluding carboxylic acids is 1. The normalized spacial score (nSPS) is 19.0. The summed E-state index contributed by atoms with van der Waals surface area (Å²) in [5.74, 6) is 1.55. The fourth-order valence-corrected chi connectivity index (χ4v) is 4.64. The Balaban J connectivity index is 1.45. The molecule has 0 bridgehead atoms. The smallest absolute Gasteiger partial charge is 0.414 e. The van der Waals surface area contributed by atoms with Crippen molar-refractivity contribution in [3.8, 4) is 17.4 Å². The van der Waals surface area contributed by atoms with Crippen molar-refractivity contribution in [1.29, 1.82) is 0 Å². The number of benzene rings is 1. The first kappa shape index (κ1) is 24.1. The predicted octanol–water partition coefficient (Wildman–Crippen LogP) is 5.60. The van der Waals surface area contributed by atoms with Crippen molar-refractivity contribution in [2.75, 3.05) is 21.3 Å². The molecular weight excluding hydrogens is 458 g/mol. The highest BCUT2D eigenvalue weighted by Crippen LogP contribution is 2.35. The van der Waals surface area contributed by atoms with E-state index >= 15 is 0 Å². The maximum Gasteiger partial charge on any atom is 0.414 e. The molecule has 0 saturated heterocycles. The molecule has 1 atom stereocenters. The van der Waals surface area contributed by atoms with E-state index in [1.807, 2.05) is 6.08 Å². The molecule has 4 rings (SSSR count). The molecule has 2 aliphatic carbocycles. The topological polar surface area (TPSA) is 83.0 Å². The van der Waals surface area contributed by atoms with E-state index in [1.165, 1.54) is 24.1 Å². The molecule has 8 nitrogen and oxygen atoms in total. The van der Waals surface area contributed by atoms with E-state index in [2.05, 4.69) is 9.97 Å². The highest BCUT2D eigenvalue weighted by Gasteiger charge is 2.26. The summed E-state index contributed by atoms with van der Waals surface area (Å²) in [5.41, 5.74) is 1.28. The van der Waals surface area contributed by atoms with Crippen LogP contribution in [-0.4, -0.2) is 54.4 Å². The third-order valence-corrected chi connectivity index (χ3v) is 6.51. The average molecular weight is 488 g/mol. The summed E-state index contributed by atoms with van der Waals surface area (Å²) in [5, 5.41) is 1.12. The first-order valence-electron chi connectivity index (χ1n) is 11.6. The molecule has 34 heavy (non-hydrogen) atoms. The molecule has 1 aromatic heterocycles. The van der Waals surface area contributed by atoms with Crippen molar-refractivity contribution in [3.63, 3.8) is 0 Å². The zero-order valence-electron chi connectivity index (χ0n) is 19.8. The van der Waals surface area contributed by atoms with Crippen molar-refractivity contribution in [1.82, 2.24) is 14.9 Å². The van der Waals surface area contributed by atoms with Crippen LogP contribution < -0.4 is 14.2 Å². The maximum atomic E-state index is 12.7. The SMILES string of the molecule is COc1cc2ncnc(OC3C=C(Cl)C(N(C)C(=O)OC4CCCCCC4)=CC3)c2cc1OC. The minimum absolute atomic E-state index is 0.0258. The van der Waals surface area contributed by atoms with Gasteiger partial charge in [0.25, 0.3) is 0 Å². The molecule has 0 aliphatic heterocycles. The molecule has 0 N–H and O–H groups in total. The second-order valence-electron chi connectivity index (χ2n) is 8.46. The Hall–Kier alpha value is -3.00. The number of halogens is 1. The minimum atomic E-state index is -0.382. The monoisotopic (exact) mass is 487 g/mol. The molecule has 1 unspecified atom stereocenters. The fourth-order valence-electron chi connectivity index (χ4n) is 4.30. The lowest BCUT2D eigenvalue weighted by atomic mass is 10.1. The number of hydrogen-bond donors (Lipinski definition) is 0. The number of hydrogen-bond acceptors (Lipinski definition) is 7. The summed E-state index contributed by atoms with van der Waals surface area (Å²) >= 11 is 6.55. The summed E-state index contributed by atoms with van der Waals surface area (Å²) < 4.78 is 22.6. The first-order chi connectivity index (χ1) is 16.5. The lowest BCUT2D eigenvalue weighted by Crippen LogP contribution is -2.32. The Labute approximate surface area is 204 Å². The van der Waals surface area contributed by atoms with Gasteiger partial charge in [0.15, 0.2) is 11.5 Å². The zero-order valence-corrected chi connectivity index (χ0v) is 20.5. The number of rotatable bonds is 6. The van der Waals surface area contributed by atoms with Gasteiger partial charge in [-0.3, -0.25) is 4.90 Å². The molecule has 9 heteroatoms. The van der Waals surface area contributed by atoms with Gasteiger partial charge >= 0.3 is 6.09 Å². The minimum Gasteiger partial charge on any atom is -0.493 e. The second kappa shape index (κ2) is 11.0. The third-order valence-electron chi connectivity index (χ3n) is 6.19. The Morgan fingerprint density at radius 3 is 2.44 bits per heavy atom. The molecule has 2 aromatic rings. The largest absolute Gasteiger partial charge is 0.493 e. The summed E-state index contributed by atoms with van der Waals surface area (Å²) in [6.45, 7) is 0. The zero-order chi connectivity index (χ0) is 24.1. The number of ether oxygens (including phenoxy) is 4. The fraction of sp³-hybridized carbons (Fsp3) is 0.480. The van der Waals surface area contributed by atoms with Crippen molar-refractivity contribution in [2.45, 2.75) is 57.2 Å². The van der Waals surface area contributed by atoms with E-state index in [0.29, 0.717) is 45.4 Å². The van der Waals surface area contributed by atoms with Gasteiger partial charge in [0.1, 0.15) is 18.5 Å². The Kier molecular flexibility index (Phi) is 7.77. The van der Waals surface area contributed by atoms with Crippen LogP contribution in [-0.2, 0) is 4.74 Å². The van der Waals surface area contributed by atoms with Crippen LogP contribution in [0, 0.1) is 0 Å². The quantitative estimate of drug-likeness (QED) is 0.490. The molecule has 1 heterocycles. The number of carbonyl (C=O) groups is 1. The van der Waals surface area contributed by atoms with E-state index in [0.717, 1.165) is 25.7 Å². The van der Waals surface area contributed by atoms with Crippen LogP contribution in [0.25, 0.3) is 10.9 Å². The van der Waals surface area contributed by atoms with Crippen LogP contribution in [0.5, 0.6) is 17.4 Å². The van der Waals surface area contributed by atoms with E-state index in [1.54, 1.807) is 39.5 Å². The van der Waals surface area contributed by atoms with E-state index in [4.69, 9.17) is 30.5 Å². The number of aromatic nitrogens is 2. The highest BCUT2D eigenvalue weighted by molar-refractivity contribution is 6.32. The van der Waals surface area contributed by atoms with Gasteiger partial charge in [-0.15, -0.1) is 0 Å². The van der Waals surface area contributed by atoms with Crippen molar-refractivity contribution in [2.24, 2.45) is 0 Å². The summed E-state index contributed by atoms with van der Waals surface area (Å²) in [6, 6.07) is 3.56. The van der Waals surface area contributed by atoms with Crippen LogP contribution in [0.1, 0.15) is 44.9 Å². The molecule has 1 saturated carbocycles. The predicted molar refractivity (Wildman–Crippen MR) is 129 cm³/mol. The molecule has 1 aromatic carbocycles. The molecule has 1 amide bonds. The number of fused-ring (bicyclic) bond motifs is 1. The average Bonchev–Trinajstić information content (AvgIpc) is 3.11. The van der Waals surface area contributed by atoms with Gasteiger partial charge in [-0.25, -0.2) is 14.8 Å². The number of allylic oxidation sites excluding steroid dienone is 1. The maximum absolute atomic E-state index is 12.7. The number of methoxy groups -OCH3 is 2. The summed E-state index contributed by atoms with van der Waals surface area (Å²) in [7, 11) is 4.82. The standard InChI is InChI=1S/C25H30ClN3O5/c1-29(25(30)34-16-8-6-4-5-7-9-16)21-11-10-17(12-19(21)26)33-24-18-13-22(31-2)23(32-3)14-20(18)27-15-28-24/h11-17H,4-10H2,1-3H3. The Morgan fingerprint density at radius 2 is 1.76 bits per heavy atom. The molecule has 1 fully saturated rings. The van der Waals surface area contributed by atoms with Crippen LogP contribution in [0.15, 0.2) is 41.3 Å². The first-order valence-corrected chi connectivity index (χ1v) is 11.9. The van der Waals surface area contributed by atoms with Gasteiger partial charge in [-0.1, -0.05) is 30.5 Å². The molecule has 2 aliphatic rings. The van der Waals surface area contributed by atoms with Gasteiger partial charge in [0.2, 0.25) is 5.88 Å². The Morgan fingerprint density at radius 1 is 1.06 bits per heavy atom. The van der Waals surface area contributed by atoms with E-state index in [9.17, 15) is 4.79 Å². The second-order valence-corrected chi connectivity index (χ2v) is 8.86. The van der Waals surface area contributed by atoms with Gasteiger partial charge < -0.3 is 18.9 Å². The van der Waals surface area contributed by atoms with E-state index < -0.39 is 0 Å². The van der Waals surface area contributed by atoms with Crippen molar-refractivity contribution >= 4 is 28.6 Å². The summed E-state index contributed by atoms with van der Waals surface area (Å²) in [6.07, 6.45) is 11.3. The summed E-state index contributed by atoms with van der Waals surface area (Å²) in [4.78, 5) is 22.8. The van der Waals surface area contributed by atoms with Crippen molar-refractivity contribution in [3.05, 3.63) is 41.3 Å². The molecule has 0 radical (unpaired) electrons. The van der Waals surface area contributed by atoms with Gasteiger partial charge in [-0.2, -0.15) is 0 Å². The molecular formula is C25H30ClN3O5. The highest BCUT2D eigenvalue weighted by atomic mass is 35.5. The Bertz CT molecular complexity index is 1100. The van der Waals surface area contributed by atoms with Gasteiger partial charge in [0, 0.05) is 19.5 Å². The van der Waals surface area contributed by atoms with Crippen LogP contribution >= 0.6 is 11.6 Å². The van der Waals surface area contributed by atoms with Crippen LogP contribution in [0.4, 0.5) is 4.79 Å². The van der Waals surface area contributed by atoms with Gasteiger partial charge in [-0.05, 0) is 37.8 Å².